The van der Waals surface area contributed by atoms with E-state index in [2.05, 4.69) is 0 Å². The molecule has 0 radical (unpaired) electrons. The van der Waals surface area contributed by atoms with E-state index < -0.39 is 5.82 Å². The summed E-state index contributed by atoms with van der Waals surface area (Å²) in [5.41, 5.74) is 0.747. The maximum Gasteiger partial charge on any atom is 0.142 e. The molecule has 1 unspecified atom stereocenters. The molecule has 1 nitrogen and oxygen atoms in total. The second-order valence-corrected chi connectivity index (χ2v) is 4.35. The number of Topliss-reactive ketones (excluding diaryl/α,β-unsaturated/α-hetero) is 1. The molecule has 0 heterocycles. The molecule has 1 aliphatic rings. The molecule has 1 aromatic rings. The fraction of sp³-hybridized carbons (Fsp3) is 0.417. The summed E-state index contributed by atoms with van der Waals surface area (Å²) >= 11 is 5.83. The van der Waals surface area contributed by atoms with Crippen molar-refractivity contribution < 1.29 is 9.18 Å². The lowest BCUT2D eigenvalue weighted by Crippen LogP contribution is -2.10. The van der Waals surface area contributed by atoms with Gasteiger partial charge in [-0.1, -0.05) is 23.7 Å². The van der Waals surface area contributed by atoms with Gasteiger partial charge in [-0.2, -0.15) is 0 Å². The highest BCUT2D eigenvalue weighted by molar-refractivity contribution is 6.31. The summed E-state index contributed by atoms with van der Waals surface area (Å²) in [6.07, 6.45) is 3.11. The zero-order valence-electron chi connectivity index (χ0n) is 8.30. The van der Waals surface area contributed by atoms with E-state index >= 15 is 0 Å². The summed E-state index contributed by atoms with van der Waals surface area (Å²) < 4.78 is 13.1. The third kappa shape index (κ3) is 2.20. The van der Waals surface area contributed by atoms with Crippen LogP contribution in [0.1, 0.15) is 24.8 Å². The van der Waals surface area contributed by atoms with Gasteiger partial charge in [-0.3, -0.25) is 4.79 Å². The lowest BCUT2D eigenvalue weighted by atomic mass is 9.97. The minimum absolute atomic E-state index is 0.0456. The summed E-state index contributed by atoms with van der Waals surface area (Å²) in [4.78, 5) is 11.4. The number of halogens is 2. The standard InChI is InChI=1S/C12H12ClFO/c13-12-9(4-1-5-10(12)14)7-8-3-2-6-11(8)15/h1,4-5,8H,2-3,6-7H2. The first-order valence-corrected chi connectivity index (χ1v) is 5.52. The van der Waals surface area contributed by atoms with Gasteiger partial charge in [0.05, 0.1) is 5.02 Å². The van der Waals surface area contributed by atoms with Crippen LogP contribution in [0.2, 0.25) is 5.02 Å². The van der Waals surface area contributed by atoms with Crippen molar-refractivity contribution >= 4 is 17.4 Å². The average molecular weight is 227 g/mol. The van der Waals surface area contributed by atoms with Crippen LogP contribution in [0.25, 0.3) is 0 Å². The van der Waals surface area contributed by atoms with Gasteiger partial charge in [-0.05, 0) is 30.9 Å². The van der Waals surface area contributed by atoms with Crippen LogP contribution in [0.3, 0.4) is 0 Å². The van der Waals surface area contributed by atoms with Crippen molar-refractivity contribution in [2.75, 3.05) is 0 Å². The average Bonchev–Trinajstić information content (AvgIpc) is 2.60. The number of carbonyl (C=O) groups excluding carboxylic acids is 1. The third-order valence-corrected chi connectivity index (χ3v) is 3.35. The number of carbonyl (C=O) groups is 1. The largest absolute Gasteiger partial charge is 0.299 e. The van der Waals surface area contributed by atoms with Gasteiger partial charge >= 0.3 is 0 Å². The molecule has 1 saturated carbocycles. The SMILES string of the molecule is O=C1CCCC1Cc1cccc(F)c1Cl. The van der Waals surface area contributed by atoms with Gasteiger partial charge in [0.2, 0.25) is 0 Å². The molecule has 0 amide bonds. The van der Waals surface area contributed by atoms with E-state index in [-0.39, 0.29) is 16.7 Å². The summed E-state index contributed by atoms with van der Waals surface area (Å²) in [5, 5.41) is 0.164. The van der Waals surface area contributed by atoms with Crippen LogP contribution in [0.4, 0.5) is 4.39 Å². The van der Waals surface area contributed by atoms with E-state index in [1.807, 2.05) is 0 Å². The van der Waals surface area contributed by atoms with Crippen LogP contribution in [0.5, 0.6) is 0 Å². The van der Waals surface area contributed by atoms with E-state index in [0.717, 1.165) is 18.4 Å². The molecule has 0 bridgehead atoms. The molecule has 3 heteroatoms. The van der Waals surface area contributed by atoms with E-state index in [0.29, 0.717) is 12.8 Å². The molecule has 2 rings (SSSR count). The predicted molar refractivity (Wildman–Crippen MR) is 57.5 cm³/mol. The molecule has 15 heavy (non-hydrogen) atoms. The van der Waals surface area contributed by atoms with Crippen molar-refractivity contribution in [2.45, 2.75) is 25.7 Å². The predicted octanol–water partition coefficient (Wildman–Crippen LogP) is 3.39. The Morgan fingerprint density at radius 2 is 2.27 bits per heavy atom. The van der Waals surface area contributed by atoms with Crippen molar-refractivity contribution in [3.8, 4) is 0 Å². The Labute approximate surface area is 93.2 Å². The second kappa shape index (κ2) is 4.31. The minimum atomic E-state index is -0.403. The Morgan fingerprint density at radius 3 is 2.93 bits per heavy atom. The Bertz CT molecular complexity index is 389. The van der Waals surface area contributed by atoms with Crippen LogP contribution in [-0.2, 0) is 11.2 Å². The zero-order valence-corrected chi connectivity index (χ0v) is 9.06. The highest BCUT2D eigenvalue weighted by Gasteiger charge is 2.25. The molecule has 1 atom stereocenters. The highest BCUT2D eigenvalue weighted by Crippen LogP contribution is 2.28. The molecule has 1 aromatic carbocycles. The Kier molecular flexibility index (Phi) is 3.06. The monoisotopic (exact) mass is 226 g/mol. The molecule has 1 fully saturated rings. The minimum Gasteiger partial charge on any atom is -0.299 e. The van der Waals surface area contributed by atoms with E-state index in [1.165, 1.54) is 6.07 Å². The van der Waals surface area contributed by atoms with Crippen molar-refractivity contribution in [3.05, 3.63) is 34.6 Å². The molecular formula is C12H12ClFO. The quantitative estimate of drug-likeness (QED) is 0.756. The molecule has 0 aromatic heterocycles. The highest BCUT2D eigenvalue weighted by atomic mass is 35.5. The first-order chi connectivity index (χ1) is 7.18. The fourth-order valence-corrected chi connectivity index (χ4v) is 2.28. The van der Waals surface area contributed by atoms with Crippen molar-refractivity contribution in [1.82, 2.24) is 0 Å². The van der Waals surface area contributed by atoms with Crippen molar-refractivity contribution in [2.24, 2.45) is 5.92 Å². The molecular weight excluding hydrogens is 215 g/mol. The van der Waals surface area contributed by atoms with Gasteiger partial charge in [0, 0.05) is 12.3 Å². The van der Waals surface area contributed by atoms with Crippen molar-refractivity contribution in [3.63, 3.8) is 0 Å². The first-order valence-electron chi connectivity index (χ1n) is 5.14. The smallest absolute Gasteiger partial charge is 0.142 e. The number of hydrogen-bond acceptors (Lipinski definition) is 1. The summed E-state index contributed by atoms with van der Waals surface area (Å²) in [7, 11) is 0. The van der Waals surface area contributed by atoms with Crippen molar-refractivity contribution in [1.29, 1.82) is 0 Å². The topological polar surface area (TPSA) is 17.1 Å². The zero-order chi connectivity index (χ0) is 10.8. The van der Waals surface area contributed by atoms with Gasteiger partial charge in [0.15, 0.2) is 0 Å². The van der Waals surface area contributed by atoms with E-state index in [9.17, 15) is 9.18 Å². The van der Waals surface area contributed by atoms with E-state index in [4.69, 9.17) is 11.6 Å². The summed E-state index contributed by atoms with van der Waals surface area (Å²) in [6, 6.07) is 4.76. The lowest BCUT2D eigenvalue weighted by Gasteiger charge is -2.09. The molecule has 0 aliphatic heterocycles. The fourth-order valence-electron chi connectivity index (χ4n) is 2.08. The summed E-state index contributed by atoms with van der Waals surface area (Å²) in [5.74, 6) is -0.0701. The normalized spacial score (nSPS) is 20.9. The summed E-state index contributed by atoms with van der Waals surface area (Å²) in [6.45, 7) is 0. The Hall–Kier alpha value is -0.890. The maximum absolute atomic E-state index is 13.1. The van der Waals surface area contributed by atoms with Crippen LogP contribution in [-0.4, -0.2) is 5.78 Å². The number of ketones is 1. The molecule has 0 N–H and O–H groups in total. The maximum atomic E-state index is 13.1. The molecule has 80 valence electrons. The number of benzene rings is 1. The van der Waals surface area contributed by atoms with E-state index in [1.54, 1.807) is 12.1 Å². The van der Waals surface area contributed by atoms with Gasteiger partial charge in [0.25, 0.3) is 0 Å². The first kappa shape index (κ1) is 10.6. The Morgan fingerprint density at radius 1 is 1.47 bits per heavy atom. The lowest BCUT2D eigenvalue weighted by molar-refractivity contribution is -0.120. The number of rotatable bonds is 2. The molecule has 1 aliphatic carbocycles. The Balaban J connectivity index is 2.17. The van der Waals surface area contributed by atoms with Crippen LogP contribution < -0.4 is 0 Å². The van der Waals surface area contributed by atoms with Gasteiger partial charge < -0.3 is 0 Å². The van der Waals surface area contributed by atoms with Gasteiger partial charge in [-0.15, -0.1) is 0 Å². The van der Waals surface area contributed by atoms with Crippen LogP contribution in [0, 0.1) is 11.7 Å². The second-order valence-electron chi connectivity index (χ2n) is 3.97. The molecule has 0 saturated heterocycles. The van der Waals surface area contributed by atoms with Gasteiger partial charge in [0.1, 0.15) is 11.6 Å². The molecule has 0 spiro atoms. The van der Waals surface area contributed by atoms with Crippen LogP contribution >= 0.6 is 11.6 Å². The third-order valence-electron chi connectivity index (χ3n) is 2.93. The van der Waals surface area contributed by atoms with Gasteiger partial charge in [-0.25, -0.2) is 4.39 Å². The number of hydrogen-bond donors (Lipinski definition) is 0. The van der Waals surface area contributed by atoms with Crippen LogP contribution in [0.15, 0.2) is 18.2 Å².